The summed E-state index contributed by atoms with van der Waals surface area (Å²) in [4.78, 5) is 62.9. The van der Waals surface area contributed by atoms with E-state index in [1.54, 1.807) is 48.5 Å². The average Bonchev–Trinajstić information content (AvgIpc) is 3.05. The third kappa shape index (κ3) is 14.7. The van der Waals surface area contributed by atoms with Gasteiger partial charge in [0, 0.05) is 18.7 Å². The van der Waals surface area contributed by atoms with Gasteiger partial charge < -0.3 is 41.2 Å². The van der Waals surface area contributed by atoms with Crippen LogP contribution >= 0.6 is 0 Å². The van der Waals surface area contributed by atoms with Crippen LogP contribution in [0.1, 0.15) is 30.4 Å². The predicted molar refractivity (Wildman–Crippen MR) is 168 cm³/mol. The fourth-order valence-electron chi connectivity index (χ4n) is 3.96. The molecule has 0 saturated heterocycles. The molecular formula is C32H41N5O8. The minimum absolute atomic E-state index is 0.0308. The summed E-state index contributed by atoms with van der Waals surface area (Å²) in [6.07, 6.45) is 2.71. The second-order valence-electron chi connectivity index (χ2n) is 9.77. The SMILES string of the molecule is C=CCOC(=O)NCCCC[C@H](NC(=O)[C@H](Cc1ccccc1)NC(=O)CNC(=O)OCC=C)C(=O)Nc1ccc(CO)cc1. The number of hydrogen-bond donors (Lipinski definition) is 6. The third-order valence-corrected chi connectivity index (χ3v) is 6.22. The Bertz CT molecular complexity index is 1270. The summed E-state index contributed by atoms with van der Waals surface area (Å²) in [5, 5.41) is 22.3. The van der Waals surface area contributed by atoms with Crippen molar-refractivity contribution in [3.63, 3.8) is 0 Å². The van der Waals surface area contributed by atoms with E-state index in [2.05, 4.69) is 39.7 Å². The molecule has 13 nitrogen and oxygen atoms in total. The number of carbonyl (C=O) groups is 5. The lowest BCUT2D eigenvalue weighted by molar-refractivity contribution is -0.130. The van der Waals surface area contributed by atoms with Gasteiger partial charge in [-0.25, -0.2) is 9.59 Å². The van der Waals surface area contributed by atoms with Crippen LogP contribution < -0.4 is 26.6 Å². The number of aliphatic hydroxyl groups excluding tert-OH is 1. The zero-order valence-electron chi connectivity index (χ0n) is 25.1. The van der Waals surface area contributed by atoms with Gasteiger partial charge in [0.1, 0.15) is 31.8 Å². The fraction of sp³-hybridized carbons (Fsp3) is 0.344. The van der Waals surface area contributed by atoms with E-state index < -0.39 is 48.5 Å². The molecular weight excluding hydrogens is 582 g/mol. The zero-order chi connectivity index (χ0) is 32.9. The predicted octanol–water partition coefficient (Wildman–Crippen LogP) is 2.32. The molecule has 0 aliphatic rings. The van der Waals surface area contributed by atoms with Crippen molar-refractivity contribution in [2.24, 2.45) is 0 Å². The van der Waals surface area contributed by atoms with Gasteiger partial charge in [0.25, 0.3) is 0 Å². The first-order chi connectivity index (χ1) is 21.7. The number of anilines is 1. The Kier molecular flexibility index (Phi) is 16.6. The second kappa shape index (κ2) is 20.7. The Morgan fingerprint density at radius 3 is 2.02 bits per heavy atom. The van der Waals surface area contributed by atoms with Crippen molar-refractivity contribution in [2.75, 3.05) is 31.6 Å². The normalized spacial score (nSPS) is 11.6. The number of nitrogens with one attached hydrogen (secondary N) is 5. The molecule has 2 atom stereocenters. The van der Waals surface area contributed by atoms with Gasteiger partial charge >= 0.3 is 12.2 Å². The maximum absolute atomic E-state index is 13.6. The number of rotatable bonds is 19. The first kappa shape index (κ1) is 36.0. The van der Waals surface area contributed by atoms with Crippen LogP contribution in [0.4, 0.5) is 15.3 Å². The highest BCUT2D eigenvalue weighted by atomic mass is 16.6. The lowest BCUT2D eigenvalue weighted by Gasteiger charge is -2.23. The van der Waals surface area contributed by atoms with Crippen LogP contribution in [0.25, 0.3) is 0 Å². The van der Waals surface area contributed by atoms with Gasteiger partial charge in [-0.3, -0.25) is 14.4 Å². The Labute approximate surface area is 262 Å². The van der Waals surface area contributed by atoms with Crippen LogP contribution in [0.2, 0.25) is 0 Å². The van der Waals surface area contributed by atoms with Crippen molar-refractivity contribution in [3.8, 4) is 0 Å². The summed E-state index contributed by atoms with van der Waals surface area (Å²) >= 11 is 0. The van der Waals surface area contributed by atoms with Gasteiger partial charge in [0.2, 0.25) is 17.7 Å². The molecule has 2 aromatic carbocycles. The third-order valence-electron chi connectivity index (χ3n) is 6.22. The molecule has 2 rings (SSSR count). The highest BCUT2D eigenvalue weighted by Crippen LogP contribution is 2.12. The van der Waals surface area contributed by atoms with Gasteiger partial charge in [-0.15, -0.1) is 0 Å². The van der Waals surface area contributed by atoms with Crippen molar-refractivity contribution in [3.05, 3.63) is 91.0 Å². The molecule has 0 saturated carbocycles. The number of carbonyl (C=O) groups excluding carboxylic acids is 5. The zero-order valence-corrected chi connectivity index (χ0v) is 25.1. The largest absolute Gasteiger partial charge is 0.445 e. The number of alkyl carbamates (subject to hydrolysis) is 2. The molecule has 0 spiro atoms. The molecule has 45 heavy (non-hydrogen) atoms. The lowest BCUT2D eigenvalue weighted by Crippen LogP contribution is -2.54. The molecule has 0 aliphatic heterocycles. The molecule has 242 valence electrons. The van der Waals surface area contributed by atoms with Crippen molar-refractivity contribution in [2.45, 2.75) is 44.4 Å². The molecule has 0 fully saturated rings. The van der Waals surface area contributed by atoms with Crippen LogP contribution in [0.15, 0.2) is 79.9 Å². The minimum atomic E-state index is -1.08. The average molecular weight is 624 g/mol. The van der Waals surface area contributed by atoms with Gasteiger partial charge in [0.05, 0.1) is 6.61 Å². The van der Waals surface area contributed by atoms with Crippen molar-refractivity contribution < 1.29 is 38.6 Å². The Balaban J connectivity index is 2.13. The van der Waals surface area contributed by atoms with Crippen LogP contribution in [0.5, 0.6) is 0 Å². The Hall–Kier alpha value is -5.17. The van der Waals surface area contributed by atoms with E-state index in [1.807, 2.05) is 6.07 Å². The molecule has 0 aromatic heterocycles. The maximum Gasteiger partial charge on any atom is 0.407 e. The molecule has 0 heterocycles. The minimum Gasteiger partial charge on any atom is -0.445 e. The maximum atomic E-state index is 13.6. The highest BCUT2D eigenvalue weighted by Gasteiger charge is 2.27. The number of hydrogen-bond acceptors (Lipinski definition) is 8. The summed E-state index contributed by atoms with van der Waals surface area (Å²) in [6.45, 7) is 6.67. The summed E-state index contributed by atoms with van der Waals surface area (Å²) in [7, 11) is 0. The lowest BCUT2D eigenvalue weighted by atomic mass is 10.0. The fourth-order valence-corrected chi connectivity index (χ4v) is 3.96. The number of benzene rings is 2. The van der Waals surface area contributed by atoms with Crippen LogP contribution in [0.3, 0.4) is 0 Å². The van der Waals surface area contributed by atoms with E-state index in [1.165, 1.54) is 12.2 Å². The van der Waals surface area contributed by atoms with E-state index in [4.69, 9.17) is 9.47 Å². The monoisotopic (exact) mass is 623 g/mol. The summed E-state index contributed by atoms with van der Waals surface area (Å²) in [5.74, 6) is -1.74. The number of unbranched alkanes of at least 4 members (excludes halogenated alkanes) is 1. The number of ether oxygens (including phenoxy) is 2. The standard InChI is InChI=1S/C32H41N5O8/c1-3-18-44-31(42)33-17-9-8-12-26(29(40)35-25-15-13-24(22-38)14-16-25)37-30(41)27(20-23-10-6-5-7-11-23)36-28(39)21-34-32(43)45-19-4-2/h3-7,10-11,13-16,26-27,38H,1-2,8-9,12,17-22H2,(H,33,42)(H,34,43)(H,35,40)(H,36,39)(H,37,41)/t26-,27-/m0/s1. The van der Waals surface area contributed by atoms with Crippen molar-refractivity contribution in [1.82, 2.24) is 21.3 Å². The van der Waals surface area contributed by atoms with Crippen molar-refractivity contribution >= 4 is 35.6 Å². The Morgan fingerprint density at radius 2 is 1.40 bits per heavy atom. The molecule has 0 unspecified atom stereocenters. The molecule has 13 heteroatoms. The highest BCUT2D eigenvalue weighted by molar-refractivity contribution is 5.98. The van der Waals surface area contributed by atoms with Crippen LogP contribution in [-0.4, -0.2) is 73.4 Å². The van der Waals surface area contributed by atoms with E-state index >= 15 is 0 Å². The Morgan fingerprint density at radius 1 is 0.756 bits per heavy atom. The molecule has 6 N–H and O–H groups in total. The molecule has 0 radical (unpaired) electrons. The van der Waals surface area contributed by atoms with Gasteiger partial charge in [-0.05, 0) is 42.5 Å². The van der Waals surface area contributed by atoms with Gasteiger partial charge in [-0.2, -0.15) is 0 Å². The topological polar surface area (TPSA) is 184 Å². The van der Waals surface area contributed by atoms with Gasteiger partial charge in [0.15, 0.2) is 0 Å². The first-order valence-corrected chi connectivity index (χ1v) is 14.4. The smallest absolute Gasteiger partial charge is 0.407 e. The van der Waals surface area contributed by atoms with Crippen molar-refractivity contribution in [1.29, 1.82) is 0 Å². The van der Waals surface area contributed by atoms with Crippen LogP contribution in [0, 0.1) is 0 Å². The first-order valence-electron chi connectivity index (χ1n) is 14.4. The second-order valence-corrected chi connectivity index (χ2v) is 9.77. The molecule has 0 bridgehead atoms. The quantitative estimate of drug-likeness (QED) is 0.102. The molecule has 2 aromatic rings. The van der Waals surface area contributed by atoms with Crippen LogP contribution in [-0.2, 0) is 36.9 Å². The van der Waals surface area contributed by atoms with E-state index in [-0.39, 0.29) is 39.2 Å². The molecule has 5 amide bonds. The van der Waals surface area contributed by atoms with Gasteiger partial charge in [-0.1, -0.05) is 67.8 Å². The molecule has 0 aliphatic carbocycles. The van der Waals surface area contributed by atoms with E-state index in [0.717, 1.165) is 5.56 Å². The number of aliphatic hydroxyl groups is 1. The summed E-state index contributed by atoms with van der Waals surface area (Å²) < 4.78 is 9.67. The summed E-state index contributed by atoms with van der Waals surface area (Å²) in [6, 6.07) is 13.5. The number of amides is 5. The van der Waals surface area contributed by atoms with E-state index in [0.29, 0.717) is 24.1 Å². The van der Waals surface area contributed by atoms with E-state index in [9.17, 15) is 29.1 Å². The summed E-state index contributed by atoms with van der Waals surface area (Å²) in [5.41, 5.74) is 1.89.